The largest absolute Gasteiger partial charge is 0.376 e. The van der Waals surface area contributed by atoms with Gasteiger partial charge in [0, 0.05) is 42.9 Å². The van der Waals surface area contributed by atoms with E-state index in [1.807, 2.05) is 30.1 Å². The lowest BCUT2D eigenvalue weighted by Gasteiger charge is -2.37. The van der Waals surface area contributed by atoms with Crippen molar-refractivity contribution in [1.82, 2.24) is 15.5 Å². The molecule has 0 bridgehead atoms. The number of morpholine rings is 1. The van der Waals surface area contributed by atoms with Gasteiger partial charge in [-0.3, -0.25) is 9.89 Å². The molecule has 2 N–H and O–H groups in total. The molecule has 2 rings (SSSR count). The van der Waals surface area contributed by atoms with E-state index in [0.717, 1.165) is 38.7 Å². The molecule has 0 radical (unpaired) electrons. The van der Waals surface area contributed by atoms with E-state index >= 15 is 0 Å². The predicted molar refractivity (Wildman–Crippen MR) is 126 cm³/mol. The van der Waals surface area contributed by atoms with Crippen molar-refractivity contribution in [3.8, 4) is 0 Å². The summed E-state index contributed by atoms with van der Waals surface area (Å²) in [6.45, 7) is 11.1. The SMILES string of the molecule is CN=C(NCC(c1cccs1)N1CCOC(C)C1)NCC(C)(C)SC.I. The number of hydrogen-bond donors (Lipinski definition) is 2. The Kier molecular flexibility index (Phi) is 10.8. The molecule has 26 heavy (non-hydrogen) atoms. The van der Waals surface area contributed by atoms with Crippen molar-refractivity contribution < 1.29 is 4.74 Å². The normalized spacial score (nSPS) is 20.3. The zero-order valence-corrected chi connectivity index (χ0v) is 20.4. The van der Waals surface area contributed by atoms with Gasteiger partial charge in [-0.2, -0.15) is 11.8 Å². The van der Waals surface area contributed by atoms with Gasteiger partial charge in [0.05, 0.1) is 18.8 Å². The van der Waals surface area contributed by atoms with Crippen LogP contribution in [0.5, 0.6) is 0 Å². The first kappa shape index (κ1) is 24.0. The Morgan fingerprint density at radius 2 is 2.27 bits per heavy atom. The summed E-state index contributed by atoms with van der Waals surface area (Å²) < 4.78 is 5.90. The minimum Gasteiger partial charge on any atom is -0.376 e. The second-order valence-corrected chi connectivity index (χ2v) is 9.47. The molecule has 8 heteroatoms. The van der Waals surface area contributed by atoms with Gasteiger partial charge in [-0.05, 0) is 38.5 Å². The third-order valence-electron chi connectivity index (χ3n) is 4.51. The first-order chi connectivity index (χ1) is 11.9. The van der Waals surface area contributed by atoms with Crippen molar-refractivity contribution in [2.75, 3.05) is 46.1 Å². The maximum atomic E-state index is 5.71. The average Bonchev–Trinajstić information content (AvgIpc) is 3.12. The first-order valence-electron chi connectivity index (χ1n) is 8.84. The van der Waals surface area contributed by atoms with Crippen LogP contribution in [0.4, 0.5) is 0 Å². The average molecular weight is 513 g/mol. The van der Waals surface area contributed by atoms with Crippen LogP contribution in [-0.2, 0) is 4.74 Å². The molecule has 0 aromatic carbocycles. The lowest BCUT2D eigenvalue weighted by atomic mass is 10.1. The Hall–Kier alpha value is -0.0300. The van der Waals surface area contributed by atoms with Crippen LogP contribution in [0.25, 0.3) is 0 Å². The number of thioether (sulfide) groups is 1. The van der Waals surface area contributed by atoms with Crippen LogP contribution >= 0.6 is 47.1 Å². The quantitative estimate of drug-likeness (QED) is 0.333. The first-order valence-corrected chi connectivity index (χ1v) is 10.9. The summed E-state index contributed by atoms with van der Waals surface area (Å²) in [7, 11) is 1.83. The monoisotopic (exact) mass is 512 g/mol. The molecule has 1 fully saturated rings. The van der Waals surface area contributed by atoms with Crippen LogP contribution < -0.4 is 10.6 Å². The van der Waals surface area contributed by atoms with Gasteiger partial charge in [-0.25, -0.2) is 0 Å². The molecule has 1 aliphatic heterocycles. The highest BCUT2D eigenvalue weighted by Crippen LogP contribution is 2.26. The Morgan fingerprint density at radius 3 is 2.85 bits per heavy atom. The van der Waals surface area contributed by atoms with E-state index < -0.39 is 0 Å². The van der Waals surface area contributed by atoms with Gasteiger partial charge >= 0.3 is 0 Å². The van der Waals surface area contributed by atoms with E-state index in [-0.39, 0.29) is 34.8 Å². The van der Waals surface area contributed by atoms with Crippen molar-refractivity contribution in [2.24, 2.45) is 4.99 Å². The smallest absolute Gasteiger partial charge is 0.191 e. The molecule has 2 atom stereocenters. The minimum atomic E-state index is 0. The molecule has 0 amide bonds. The van der Waals surface area contributed by atoms with Gasteiger partial charge < -0.3 is 15.4 Å². The number of nitrogens with one attached hydrogen (secondary N) is 2. The van der Waals surface area contributed by atoms with Gasteiger partial charge in [0.2, 0.25) is 0 Å². The van der Waals surface area contributed by atoms with Crippen molar-refractivity contribution >= 4 is 53.0 Å². The molecule has 1 aromatic heterocycles. The predicted octanol–water partition coefficient (Wildman–Crippen LogP) is 3.43. The number of thiophene rings is 1. The lowest BCUT2D eigenvalue weighted by molar-refractivity contribution is -0.0334. The van der Waals surface area contributed by atoms with Crippen molar-refractivity contribution in [3.63, 3.8) is 0 Å². The lowest BCUT2D eigenvalue weighted by Crippen LogP contribution is -2.49. The van der Waals surface area contributed by atoms with Crippen LogP contribution in [0.1, 0.15) is 31.7 Å². The number of guanidine groups is 1. The molecular formula is C18H33IN4OS2. The summed E-state index contributed by atoms with van der Waals surface area (Å²) in [6, 6.07) is 4.70. The maximum Gasteiger partial charge on any atom is 0.191 e. The second-order valence-electron chi connectivity index (χ2n) is 6.98. The van der Waals surface area contributed by atoms with E-state index in [1.54, 1.807) is 0 Å². The summed E-state index contributed by atoms with van der Waals surface area (Å²) in [5, 5.41) is 9.12. The number of rotatable bonds is 7. The van der Waals surface area contributed by atoms with E-state index in [1.165, 1.54) is 4.88 Å². The summed E-state index contributed by atoms with van der Waals surface area (Å²) in [4.78, 5) is 8.29. The van der Waals surface area contributed by atoms with E-state index in [4.69, 9.17) is 4.74 Å². The van der Waals surface area contributed by atoms with Crippen LogP contribution in [0.15, 0.2) is 22.5 Å². The van der Waals surface area contributed by atoms with Gasteiger partial charge in [0.25, 0.3) is 0 Å². The molecule has 2 unspecified atom stereocenters. The number of aliphatic imine (C=N–C) groups is 1. The van der Waals surface area contributed by atoms with Crippen molar-refractivity contribution in [1.29, 1.82) is 0 Å². The standard InChI is InChI=1S/C18H32N4OS2.HI/c1-14-12-22(8-9-23-14)15(16-7-6-10-25-16)11-20-17(19-4)21-13-18(2,3)24-5;/h6-7,10,14-15H,8-9,11-13H2,1-5H3,(H2,19,20,21);1H. The fourth-order valence-corrected chi connectivity index (χ4v) is 3.88. The van der Waals surface area contributed by atoms with Crippen LogP contribution in [0.3, 0.4) is 0 Å². The number of ether oxygens (including phenoxy) is 1. The van der Waals surface area contributed by atoms with Gasteiger partial charge in [0.1, 0.15) is 0 Å². The Balaban J connectivity index is 0.00000338. The summed E-state index contributed by atoms with van der Waals surface area (Å²) >= 11 is 3.68. The van der Waals surface area contributed by atoms with Gasteiger partial charge in [-0.1, -0.05) is 6.07 Å². The maximum absolute atomic E-state index is 5.71. The fraction of sp³-hybridized carbons (Fsp3) is 0.722. The molecule has 150 valence electrons. The Labute approximate surface area is 183 Å². The van der Waals surface area contributed by atoms with E-state index in [9.17, 15) is 0 Å². The highest BCUT2D eigenvalue weighted by Gasteiger charge is 2.26. The number of hydrogen-bond acceptors (Lipinski definition) is 5. The highest BCUT2D eigenvalue weighted by molar-refractivity contribution is 14.0. The minimum absolute atomic E-state index is 0. The third-order valence-corrected chi connectivity index (χ3v) is 6.73. The molecule has 2 heterocycles. The zero-order valence-electron chi connectivity index (χ0n) is 16.4. The number of halogens is 1. The molecule has 1 aromatic rings. The summed E-state index contributed by atoms with van der Waals surface area (Å²) in [6.07, 6.45) is 2.43. The van der Waals surface area contributed by atoms with Crippen LogP contribution in [0.2, 0.25) is 0 Å². The summed E-state index contributed by atoms with van der Waals surface area (Å²) in [5.41, 5.74) is 0. The molecule has 0 spiro atoms. The molecular weight excluding hydrogens is 479 g/mol. The molecule has 1 saturated heterocycles. The van der Waals surface area contributed by atoms with Crippen molar-refractivity contribution in [3.05, 3.63) is 22.4 Å². The van der Waals surface area contributed by atoms with Crippen LogP contribution in [0, 0.1) is 0 Å². The molecule has 0 aliphatic carbocycles. The molecule has 0 saturated carbocycles. The molecule has 1 aliphatic rings. The molecule has 5 nitrogen and oxygen atoms in total. The Bertz CT molecular complexity index is 539. The zero-order chi connectivity index (χ0) is 18.3. The second kappa shape index (κ2) is 11.7. The van der Waals surface area contributed by atoms with E-state index in [0.29, 0.717) is 6.04 Å². The van der Waals surface area contributed by atoms with Gasteiger partial charge in [0.15, 0.2) is 5.96 Å². The Morgan fingerprint density at radius 1 is 1.50 bits per heavy atom. The highest BCUT2D eigenvalue weighted by atomic mass is 127. The third kappa shape index (κ3) is 7.53. The van der Waals surface area contributed by atoms with Crippen molar-refractivity contribution in [2.45, 2.75) is 37.7 Å². The van der Waals surface area contributed by atoms with Crippen LogP contribution in [-0.4, -0.2) is 67.8 Å². The topological polar surface area (TPSA) is 48.9 Å². The number of nitrogens with zero attached hydrogens (tertiary/aromatic N) is 2. The van der Waals surface area contributed by atoms with E-state index in [2.05, 4.69) is 65.1 Å². The summed E-state index contributed by atoms with van der Waals surface area (Å²) in [5.74, 6) is 0.866. The fourth-order valence-electron chi connectivity index (χ4n) is 2.80. The van der Waals surface area contributed by atoms with Gasteiger partial charge in [-0.15, -0.1) is 35.3 Å².